The van der Waals surface area contributed by atoms with Gasteiger partial charge < -0.3 is 9.84 Å². The maximum atomic E-state index is 12.3. The zero-order chi connectivity index (χ0) is 16.5. The van der Waals surface area contributed by atoms with Crippen molar-refractivity contribution < 1.29 is 9.84 Å². The van der Waals surface area contributed by atoms with Crippen molar-refractivity contribution in [3.05, 3.63) is 16.3 Å². The highest BCUT2D eigenvalue weighted by atomic mass is 32.1. The molecule has 3 heteroatoms. The summed E-state index contributed by atoms with van der Waals surface area (Å²) in [5.41, 5.74) is -0.954. The Labute approximate surface area is 144 Å². The Hall–Kier alpha value is -0.540. The summed E-state index contributed by atoms with van der Waals surface area (Å²) in [5, 5.41) is 14.4. The smallest absolute Gasteiger partial charge is 0.135 e. The number of thiophene rings is 1. The molecule has 0 spiro atoms. The summed E-state index contributed by atoms with van der Waals surface area (Å²) in [5.74, 6) is 3.38. The minimum atomic E-state index is -0.796. The van der Waals surface area contributed by atoms with Crippen LogP contribution in [0.15, 0.2) is 11.4 Å². The molecule has 1 aromatic heterocycles. The summed E-state index contributed by atoms with van der Waals surface area (Å²) in [6, 6.07) is 2.03. The molecule has 0 aliphatic heterocycles. The Morgan fingerprint density at radius 1 is 1.09 bits per heavy atom. The topological polar surface area (TPSA) is 29.5 Å². The fourth-order valence-corrected chi connectivity index (χ4v) is 7.94. The van der Waals surface area contributed by atoms with Gasteiger partial charge in [0.1, 0.15) is 11.4 Å². The van der Waals surface area contributed by atoms with Gasteiger partial charge in [-0.2, -0.15) is 0 Å². The molecule has 4 aliphatic carbocycles. The standard InChI is InChI=1S/C20H30O2S/c1-18(2,3)20(21,17-16(22-4)5-6-23-17)19-10-13-7-14(11-19)9-15(8-13)12-19/h5-6,13-15,21H,7-12H2,1-4H3. The van der Waals surface area contributed by atoms with Crippen LogP contribution in [0.1, 0.15) is 64.2 Å². The molecule has 0 saturated heterocycles. The van der Waals surface area contributed by atoms with Gasteiger partial charge in [-0.1, -0.05) is 20.8 Å². The summed E-state index contributed by atoms with van der Waals surface area (Å²) in [4.78, 5) is 1.06. The monoisotopic (exact) mass is 334 g/mol. The first-order valence-electron chi connectivity index (χ1n) is 9.13. The second kappa shape index (κ2) is 4.98. The number of aliphatic hydroxyl groups is 1. The number of methoxy groups -OCH3 is 1. The van der Waals surface area contributed by atoms with Crippen LogP contribution in [0, 0.1) is 28.6 Å². The van der Waals surface area contributed by atoms with E-state index in [4.69, 9.17) is 4.74 Å². The van der Waals surface area contributed by atoms with Crippen LogP contribution in [0.25, 0.3) is 0 Å². The minimum absolute atomic E-state index is 0.0398. The van der Waals surface area contributed by atoms with Crippen molar-refractivity contribution in [3.63, 3.8) is 0 Å². The van der Waals surface area contributed by atoms with Crippen molar-refractivity contribution >= 4 is 11.3 Å². The van der Waals surface area contributed by atoms with E-state index in [1.54, 1.807) is 18.4 Å². The highest BCUT2D eigenvalue weighted by molar-refractivity contribution is 7.10. The molecule has 23 heavy (non-hydrogen) atoms. The van der Waals surface area contributed by atoms with Crippen molar-refractivity contribution in [1.82, 2.24) is 0 Å². The fraction of sp³-hybridized carbons (Fsp3) is 0.800. The van der Waals surface area contributed by atoms with E-state index < -0.39 is 5.60 Å². The first-order chi connectivity index (χ1) is 10.8. The molecule has 1 unspecified atom stereocenters. The lowest BCUT2D eigenvalue weighted by Crippen LogP contribution is -2.61. The van der Waals surface area contributed by atoms with E-state index in [0.29, 0.717) is 0 Å². The molecule has 5 rings (SSSR count). The van der Waals surface area contributed by atoms with Gasteiger partial charge in [-0.15, -0.1) is 11.3 Å². The molecule has 128 valence electrons. The molecule has 4 fully saturated rings. The molecule has 1 aromatic rings. The van der Waals surface area contributed by atoms with Crippen LogP contribution < -0.4 is 4.74 Å². The third-order valence-electron chi connectivity index (χ3n) is 7.07. The second-order valence-corrected chi connectivity index (χ2v) is 10.4. The summed E-state index contributed by atoms with van der Waals surface area (Å²) < 4.78 is 5.64. The molecule has 1 heterocycles. The van der Waals surface area contributed by atoms with E-state index in [0.717, 1.165) is 28.4 Å². The quantitative estimate of drug-likeness (QED) is 0.822. The SMILES string of the molecule is COc1ccsc1C(O)(C(C)(C)C)C12CC3CC(CC(C3)C1)C2. The normalized spacial score (nSPS) is 38.6. The fourth-order valence-electron chi connectivity index (χ4n) is 6.65. The molecular weight excluding hydrogens is 304 g/mol. The molecule has 4 bridgehead atoms. The van der Waals surface area contributed by atoms with Crippen molar-refractivity contribution in [2.45, 2.75) is 64.9 Å². The maximum Gasteiger partial charge on any atom is 0.135 e. The van der Waals surface area contributed by atoms with Gasteiger partial charge in [-0.05, 0) is 73.1 Å². The lowest BCUT2D eigenvalue weighted by molar-refractivity contribution is -0.228. The Balaban J connectivity index is 1.87. The Morgan fingerprint density at radius 3 is 2.04 bits per heavy atom. The van der Waals surface area contributed by atoms with Gasteiger partial charge in [0, 0.05) is 5.41 Å². The maximum absolute atomic E-state index is 12.3. The molecule has 2 nitrogen and oxygen atoms in total. The van der Waals surface area contributed by atoms with Crippen LogP contribution in [0.2, 0.25) is 0 Å². The summed E-state index contributed by atoms with van der Waals surface area (Å²) in [6.45, 7) is 6.64. The molecular formula is C20H30O2S. The summed E-state index contributed by atoms with van der Waals surface area (Å²) in [6.07, 6.45) is 7.82. The van der Waals surface area contributed by atoms with E-state index >= 15 is 0 Å². The lowest BCUT2D eigenvalue weighted by Gasteiger charge is -2.65. The van der Waals surface area contributed by atoms with E-state index in [1.165, 1.54) is 38.5 Å². The van der Waals surface area contributed by atoms with Crippen LogP contribution in [-0.2, 0) is 5.60 Å². The minimum Gasteiger partial charge on any atom is -0.495 e. The van der Waals surface area contributed by atoms with Crippen LogP contribution in [0.5, 0.6) is 5.75 Å². The number of rotatable bonds is 3. The van der Waals surface area contributed by atoms with Crippen LogP contribution >= 0.6 is 11.3 Å². The van der Waals surface area contributed by atoms with Gasteiger partial charge in [0.2, 0.25) is 0 Å². The van der Waals surface area contributed by atoms with Crippen LogP contribution in [-0.4, -0.2) is 12.2 Å². The number of ether oxygens (including phenoxy) is 1. The molecule has 0 radical (unpaired) electrons. The molecule has 4 aliphatic rings. The molecule has 1 N–H and O–H groups in total. The van der Waals surface area contributed by atoms with Gasteiger partial charge >= 0.3 is 0 Å². The first-order valence-corrected chi connectivity index (χ1v) is 10.0. The van der Waals surface area contributed by atoms with Crippen molar-refractivity contribution in [2.75, 3.05) is 7.11 Å². The molecule has 4 saturated carbocycles. The van der Waals surface area contributed by atoms with Gasteiger partial charge in [-0.3, -0.25) is 0 Å². The molecule has 0 amide bonds. The Kier molecular flexibility index (Phi) is 3.46. The molecule has 1 atom stereocenters. The van der Waals surface area contributed by atoms with Crippen molar-refractivity contribution in [2.24, 2.45) is 28.6 Å². The highest BCUT2D eigenvalue weighted by Crippen LogP contribution is 2.70. The first kappa shape index (κ1) is 16.0. The van der Waals surface area contributed by atoms with Gasteiger partial charge in [0.05, 0.1) is 12.0 Å². The molecule has 0 aromatic carbocycles. The van der Waals surface area contributed by atoms with E-state index in [2.05, 4.69) is 26.2 Å². The third-order valence-corrected chi connectivity index (χ3v) is 8.07. The predicted octanol–water partition coefficient (Wildman–Crippen LogP) is 5.21. The second-order valence-electron chi connectivity index (χ2n) is 9.48. The van der Waals surface area contributed by atoms with Crippen LogP contribution in [0.3, 0.4) is 0 Å². The zero-order valence-corrected chi connectivity index (χ0v) is 15.7. The zero-order valence-electron chi connectivity index (χ0n) is 14.9. The Bertz CT molecular complexity index is 562. The van der Waals surface area contributed by atoms with Gasteiger partial charge in [-0.25, -0.2) is 0 Å². The van der Waals surface area contributed by atoms with Gasteiger partial charge in [0.15, 0.2) is 0 Å². The predicted molar refractivity (Wildman–Crippen MR) is 94.8 cm³/mol. The van der Waals surface area contributed by atoms with E-state index in [-0.39, 0.29) is 10.8 Å². The lowest BCUT2D eigenvalue weighted by atomic mass is 9.42. The number of hydrogen-bond acceptors (Lipinski definition) is 3. The Morgan fingerprint density at radius 2 is 1.61 bits per heavy atom. The number of hydrogen-bond donors (Lipinski definition) is 1. The van der Waals surface area contributed by atoms with E-state index in [9.17, 15) is 5.11 Å². The summed E-state index contributed by atoms with van der Waals surface area (Å²) in [7, 11) is 1.73. The summed E-state index contributed by atoms with van der Waals surface area (Å²) >= 11 is 1.68. The van der Waals surface area contributed by atoms with Crippen molar-refractivity contribution in [1.29, 1.82) is 0 Å². The largest absolute Gasteiger partial charge is 0.495 e. The van der Waals surface area contributed by atoms with Gasteiger partial charge in [0.25, 0.3) is 0 Å². The van der Waals surface area contributed by atoms with Crippen LogP contribution in [0.4, 0.5) is 0 Å². The van der Waals surface area contributed by atoms with Crippen molar-refractivity contribution in [3.8, 4) is 5.75 Å². The average Bonchev–Trinajstić information content (AvgIpc) is 2.92. The average molecular weight is 335 g/mol. The highest BCUT2D eigenvalue weighted by Gasteiger charge is 2.65. The third kappa shape index (κ3) is 2.08. The van der Waals surface area contributed by atoms with E-state index in [1.807, 2.05) is 6.07 Å².